The molecule has 1 saturated carbocycles. The molecule has 1 fully saturated rings. The van der Waals surface area contributed by atoms with Gasteiger partial charge in [0.15, 0.2) is 9.84 Å². The summed E-state index contributed by atoms with van der Waals surface area (Å²) in [6.07, 6.45) is 0. The van der Waals surface area contributed by atoms with Gasteiger partial charge in [-0.25, -0.2) is 8.42 Å². The molecular weight excluding hydrogens is 300 g/mol. The molecule has 4 nitrogen and oxygen atoms in total. The van der Waals surface area contributed by atoms with Gasteiger partial charge in [0.2, 0.25) is 0 Å². The van der Waals surface area contributed by atoms with Crippen LogP contribution in [0, 0.1) is 12.8 Å². The van der Waals surface area contributed by atoms with E-state index in [2.05, 4.69) is 0 Å². The fraction of sp³-hybridized carbons (Fsp3) is 0.235. The first-order valence-corrected chi connectivity index (χ1v) is 8.56. The Morgan fingerprint density at radius 3 is 2.14 bits per heavy atom. The average Bonchev–Trinajstić information content (AvgIpc) is 3.25. The third-order valence-electron chi connectivity index (χ3n) is 4.13. The van der Waals surface area contributed by atoms with Crippen molar-refractivity contribution in [1.82, 2.24) is 0 Å². The fourth-order valence-corrected chi connectivity index (χ4v) is 5.06. The van der Waals surface area contributed by atoms with Crippen LogP contribution in [0.5, 0.6) is 0 Å². The van der Waals surface area contributed by atoms with Gasteiger partial charge < -0.3 is 5.11 Å². The summed E-state index contributed by atoms with van der Waals surface area (Å²) < 4.78 is 25.4. The maximum Gasteiger partial charge on any atom is 0.308 e. The third kappa shape index (κ3) is 2.41. The Balaban J connectivity index is 1.99. The van der Waals surface area contributed by atoms with Crippen molar-refractivity contribution in [2.75, 3.05) is 0 Å². The van der Waals surface area contributed by atoms with Crippen LogP contribution in [0.15, 0.2) is 59.5 Å². The SMILES string of the molecule is Cc1ccc([C@@H]2[C@H](C(=O)O)[C@H]2S(=O)(=O)c2ccccc2)cc1. The summed E-state index contributed by atoms with van der Waals surface area (Å²) in [5.41, 5.74) is 1.82. The first kappa shape index (κ1) is 14.8. The quantitative estimate of drug-likeness (QED) is 0.941. The highest BCUT2D eigenvalue weighted by Crippen LogP contribution is 2.54. The van der Waals surface area contributed by atoms with E-state index in [0.717, 1.165) is 11.1 Å². The second-order valence-corrected chi connectivity index (χ2v) is 7.73. The molecule has 1 aliphatic rings. The van der Waals surface area contributed by atoms with Crippen molar-refractivity contribution in [3.05, 3.63) is 65.7 Å². The molecule has 0 aromatic heterocycles. The van der Waals surface area contributed by atoms with Crippen LogP contribution in [0.25, 0.3) is 0 Å². The van der Waals surface area contributed by atoms with Crippen molar-refractivity contribution in [2.45, 2.75) is 23.0 Å². The van der Waals surface area contributed by atoms with Gasteiger partial charge in [0.25, 0.3) is 0 Å². The predicted octanol–water partition coefficient (Wildman–Crippen LogP) is 2.64. The van der Waals surface area contributed by atoms with Crippen molar-refractivity contribution in [3.8, 4) is 0 Å². The number of aryl methyl sites for hydroxylation is 1. The molecule has 1 N–H and O–H groups in total. The number of carbonyl (C=O) groups is 1. The summed E-state index contributed by atoms with van der Waals surface area (Å²) >= 11 is 0. The molecule has 1 aliphatic carbocycles. The zero-order valence-corrected chi connectivity index (χ0v) is 12.8. The van der Waals surface area contributed by atoms with Crippen LogP contribution in [0.1, 0.15) is 17.0 Å². The van der Waals surface area contributed by atoms with Crippen LogP contribution in [0.3, 0.4) is 0 Å². The summed E-state index contributed by atoms with van der Waals surface area (Å²) in [5, 5.41) is 8.46. The molecule has 0 unspecified atom stereocenters. The second kappa shape index (κ2) is 5.25. The monoisotopic (exact) mass is 316 g/mol. The summed E-state index contributed by atoms with van der Waals surface area (Å²) in [6, 6.07) is 15.4. The first-order chi connectivity index (χ1) is 10.4. The molecule has 5 heteroatoms. The number of carboxylic acid groups (broad SMARTS) is 1. The molecule has 2 aromatic carbocycles. The molecule has 22 heavy (non-hydrogen) atoms. The van der Waals surface area contributed by atoms with Gasteiger partial charge in [0.1, 0.15) is 0 Å². The minimum atomic E-state index is -3.65. The lowest BCUT2D eigenvalue weighted by Gasteiger charge is -2.04. The summed E-state index contributed by atoms with van der Waals surface area (Å²) in [4.78, 5) is 11.6. The van der Waals surface area contributed by atoms with Crippen molar-refractivity contribution in [2.24, 2.45) is 5.92 Å². The van der Waals surface area contributed by atoms with Crippen molar-refractivity contribution in [1.29, 1.82) is 0 Å². The Morgan fingerprint density at radius 2 is 1.59 bits per heavy atom. The van der Waals surface area contributed by atoms with Crippen LogP contribution in [0.4, 0.5) is 0 Å². The number of hydrogen-bond acceptors (Lipinski definition) is 3. The minimum absolute atomic E-state index is 0.181. The van der Waals surface area contributed by atoms with Gasteiger partial charge >= 0.3 is 5.97 Å². The van der Waals surface area contributed by atoms with E-state index >= 15 is 0 Å². The lowest BCUT2D eigenvalue weighted by Crippen LogP contribution is -2.13. The van der Waals surface area contributed by atoms with Crippen LogP contribution < -0.4 is 0 Å². The zero-order chi connectivity index (χ0) is 15.9. The molecule has 2 aromatic rings. The normalized spacial score (nSPS) is 24.0. The zero-order valence-electron chi connectivity index (χ0n) is 12.0. The van der Waals surface area contributed by atoms with E-state index in [0.29, 0.717) is 0 Å². The molecule has 0 radical (unpaired) electrons. The standard InChI is InChI=1S/C17H16O4S/c1-11-7-9-12(10-8-11)14-15(17(18)19)16(14)22(20,21)13-5-3-2-4-6-13/h2-10,14-16H,1H3,(H,18,19)/t14-,15+,16+/m1/s1. The lowest BCUT2D eigenvalue weighted by atomic mass is 10.1. The molecular formula is C17H16O4S. The third-order valence-corrected chi connectivity index (χ3v) is 6.36. The highest BCUT2D eigenvalue weighted by atomic mass is 32.2. The van der Waals surface area contributed by atoms with E-state index in [1.54, 1.807) is 18.2 Å². The number of sulfone groups is 1. The summed E-state index contributed by atoms with van der Waals surface area (Å²) in [5.74, 6) is -2.42. The maximum absolute atomic E-state index is 12.7. The predicted molar refractivity (Wildman–Crippen MR) is 82.5 cm³/mol. The first-order valence-electron chi connectivity index (χ1n) is 7.01. The Bertz CT molecular complexity index is 794. The Morgan fingerprint density at radius 1 is 1.00 bits per heavy atom. The second-order valence-electron chi connectivity index (χ2n) is 5.62. The minimum Gasteiger partial charge on any atom is -0.481 e. The van der Waals surface area contributed by atoms with Crippen LogP contribution in [-0.4, -0.2) is 24.7 Å². The molecule has 0 amide bonds. The highest BCUT2D eigenvalue weighted by molar-refractivity contribution is 7.92. The lowest BCUT2D eigenvalue weighted by molar-refractivity contribution is -0.138. The summed E-state index contributed by atoms with van der Waals surface area (Å²) in [6.45, 7) is 1.93. The molecule has 0 spiro atoms. The Kier molecular flexibility index (Phi) is 3.53. The van der Waals surface area contributed by atoms with E-state index in [1.165, 1.54) is 12.1 Å². The Labute approximate surface area is 129 Å². The van der Waals surface area contributed by atoms with Gasteiger partial charge in [-0.3, -0.25) is 4.79 Å². The molecule has 0 saturated heterocycles. The van der Waals surface area contributed by atoms with Crippen LogP contribution >= 0.6 is 0 Å². The van der Waals surface area contributed by atoms with Crippen molar-refractivity contribution < 1.29 is 18.3 Å². The van der Waals surface area contributed by atoms with Gasteiger partial charge in [-0.15, -0.1) is 0 Å². The highest BCUT2D eigenvalue weighted by Gasteiger charge is 2.63. The molecule has 0 aliphatic heterocycles. The van der Waals surface area contributed by atoms with Crippen LogP contribution in [0.2, 0.25) is 0 Å². The van der Waals surface area contributed by atoms with E-state index in [4.69, 9.17) is 0 Å². The molecule has 114 valence electrons. The van der Waals surface area contributed by atoms with Crippen molar-refractivity contribution >= 4 is 15.8 Å². The van der Waals surface area contributed by atoms with Crippen LogP contribution in [-0.2, 0) is 14.6 Å². The van der Waals surface area contributed by atoms with Gasteiger partial charge in [-0.1, -0.05) is 48.0 Å². The number of benzene rings is 2. The Hall–Kier alpha value is -2.14. The molecule has 3 rings (SSSR count). The molecule has 3 atom stereocenters. The van der Waals surface area contributed by atoms with Gasteiger partial charge in [0.05, 0.1) is 16.1 Å². The van der Waals surface area contributed by atoms with Crippen molar-refractivity contribution in [3.63, 3.8) is 0 Å². The van der Waals surface area contributed by atoms with E-state index in [9.17, 15) is 18.3 Å². The fourth-order valence-electron chi connectivity index (χ4n) is 2.92. The smallest absolute Gasteiger partial charge is 0.308 e. The molecule has 0 bridgehead atoms. The number of carboxylic acids is 1. The number of hydrogen-bond donors (Lipinski definition) is 1. The topological polar surface area (TPSA) is 71.4 Å². The maximum atomic E-state index is 12.7. The van der Waals surface area contributed by atoms with Gasteiger partial charge in [-0.2, -0.15) is 0 Å². The van der Waals surface area contributed by atoms with E-state index in [-0.39, 0.29) is 4.90 Å². The average molecular weight is 316 g/mol. The van der Waals surface area contributed by atoms with E-state index < -0.39 is 32.9 Å². The number of rotatable bonds is 4. The van der Waals surface area contributed by atoms with Gasteiger partial charge in [0, 0.05) is 5.92 Å². The number of aliphatic carboxylic acids is 1. The van der Waals surface area contributed by atoms with E-state index in [1.807, 2.05) is 31.2 Å². The largest absolute Gasteiger partial charge is 0.481 e. The summed E-state index contributed by atoms with van der Waals surface area (Å²) in [7, 11) is -3.65. The van der Waals surface area contributed by atoms with Gasteiger partial charge in [-0.05, 0) is 24.6 Å². The molecule has 0 heterocycles.